The highest BCUT2D eigenvalue weighted by Crippen LogP contribution is 2.25. The van der Waals surface area contributed by atoms with Crippen LogP contribution in [0.5, 0.6) is 0 Å². The van der Waals surface area contributed by atoms with Gasteiger partial charge < -0.3 is 10.6 Å². The zero-order valence-electron chi connectivity index (χ0n) is 12.3. The first-order valence-corrected chi connectivity index (χ1v) is 7.91. The van der Waals surface area contributed by atoms with Gasteiger partial charge in [-0.2, -0.15) is 0 Å². The Hall–Kier alpha value is -1.57. The Morgan fingerprint density at radius 1 is 1.19 bits per heavy atom. The second kappa shape index (κ2) is 8.66. The molecule has 8 heteroatoms. The molecule has 0 radical (unpaired) electrons. The highest BCUT2D eigenvalue weighted by Gasteiger charge is 2.38. The van der Waals surface area contributed by atoms with Gasteiger partial charge in [-0.3, -0.25) is 24.1 Å². The summed E-state index contributed by atoms with van der Waals surface area (Å²) in [6.07, 6.45) is 1.27. The molecule has 1 atom stereocenters. The van der Waals surface area contributed by atoms with E-state index in [-0.39, 0.29) is 36.6 Å². The lowest BCUT2D eigenvalue weighted by Gasteiger charge is -2.14. The fourth-order valence-electron chi connectivity index (χ4n) is 1.96. The summed E-state index contributed by atoms with van der Waals surface area (Å²) in [6, 6.07) is 0. The van der Waals surface area contributed by atoms with Crippen LogP contribution in [0.2, 0.25) is 0 Å². The second-order valence-electron chi connectivity index (χ2n) is 4.65. The molecular weight excluding hydrogens is 294 g/mol. The molecule has 2 N–H and O–H groups in total. The van der Waals surface area contributed by atoms with E-state index < -0.39 is 5.25 Å². The molecule has 0 aromatic rings. The van der Waals surface area contributed by atoms with Crippen LogP contribution in [-0.4, -0.2) is 60.2 Å². The average Bonchev–Trinajstić information content (AvgIpc) is 2.74. The molecule has 118 valence electrons. The molecule has 1 unspecified atom stereocenters. The van der Waals surface area contributed by atoms with Crippen molar-refractivity contribution >= 4 is 35.4 Å². The Bertz CT molecular complexity index is 428. The quantitative estimate of drug-likeness (QED) is 0.589. The molecule has 0 spiro atoms. The van der Waals surface area contributed by atoms with Crippen LogP contribution in [-0.2, 0) is 19.2 Å². The number of hydrogen-bond acceptors (Lipinski definition) is 5. The highest BCUT2D eigenvalue weighted by atomic mass is 32.2. The van der Waals surface area contributed by atoms with Crippen LogP contribution in [0.1, 0.15) is 25.7 Å². The minimum Gasteiger partial charge on any atom is -0.359 e. The van der Waals surface area contributed by atoms with Crippen molar-refractivity contribution in [3.05, 3.63) is 0 Å². The van der Waals surface area contributed by atoms with Crippen LogP contribution >= 0.6 is 11.8 Å². The molecule has 7 nitrogen and oxygen atoms in total. The molecule has 21 heavy (non-hydrogen) atoms. The Balaban J connectivity index is 2.36. The molecule has 0 saturated carbocycles. The lowest BCUT2D eigenvalue weighted by Crippen LogP contribution is -2.33. The van der Waals surface area contributed by atoms with E-state index in [9.17, 15) is 19.2 Å². The fourth-order valence-corrected chi connectivity index (χ4v) is 3.08. The Morgan fingerprint density at radius 2 is 1.81 bits per heavy atom. The highest BCUT2D eigenvalue weighted by molar-refractivity contribution is 8.00. The number of carbonyl (C=O) groups is 4. The maximum absolute atomic E-state index is 12.1. The summed E-state index contributed by atoms with van der Waals surface area (Å²) < 4.78 is 0. The number of nitrogens with zero attached hydrogens (tertiary/aromatic N) is 1. The molecule has 4 amide bonds. The summed E-state index contributed by atoms with van der Waals surface area (Å²) in [5, 5.41) is 4.61. The first-order chi connectivity index (χ1) is 9.99. The third-order valence-electron chi connectivity index (χ3n) is 3.19. The van der Waals surface area contributed by atoms with Crippen molar-refractivity contribution in [3.8, 4) is 0 Å². The van der Waals surface area contributed by atoms with Crippen molar-refractivity contribution in [2.24, 2.45) is 0 Å². The van der Waals surface area contributed by atoms with Gasteiger partial charge in [-0.25, -0.2) is 0 Å². The van der Waals surface area contributed by atoms with Crippen LogP contribution in [0.25, 0.3) is 0 Å². The minimum absolute atomic E-state index is 0.0818. The van der Waals surface area contributed by atoms with Crippen molar-refractivity contribution in [1.29, 1.82) is 0 Å². The average molecular weight is 315 g/mol. The van der Waals surface area contributed by atoms with Gasteiger partial charge in [0.15, 0.2) is 0 Å². The van der Waals surface area contributed by atoms with E-state index in [0.717, 1.165) is 0 Å². The lowest BCUT2D eigenvalue weighted by atomic mass is 10.3. The summed E-state index contributed by atoms with van der Waals surface area (Å²) in [5.74, 6) is -0.0874. The number of rotatable bonds is 8. The van der Waals surface area contributed by atoms with Crippen molar-refractivity contribution < 1.29 is 19.2 Å². The number of imide groups is 1. The van der Waals surface area contributed by atoms with E-state index >= 15 is 0 Å². The Labute approximate surface area is 128 Å². The largest absolute Gasteiger partial charge is 0.359 e. The zero-order valence-corrected chi connectivity index (χ0v) is 13.1. The van der Waals surface area contributed by atoms with Gasteiger partial charge in [0.2, 0.25) is 23.6 Å². The van der Waals surface area contributed by atoms with Gasteiger partial charge in [0, 0.05) is 45.7 Å². The molecule has 1 aliphatic rings. The van der Waals surface area contributed by atoms with Crippen molar-refractivity contribution in [2.75, 3.05) is 26.4 Å². The normalized spacial score (nSPS) is 18.0. The number of carbonyl (C=O) groups excluding carboxylic acids is 4. The molecule has 1 aliphatic heterocycles. The molecule has 0 aliphatic carbocycles. The van der Waals surface area contributed by atoms with E-state index in [1.807, 2.05) is 0 Å². The zero-order chi connectivity index (χ0) is 15.8. The van der Waals surface area contributed by atoms with E-state index in [0.29, 0.717) is 25.0 Å². The fraction of sp³-hybridized carbons (Fsp3) is 0.692. The lowest BCUT2D eigenvalue weighted by molar-refractivity contribution is -0.138. The third kappa shape index (κ3) is 5.37. The van der Waals surface area contributed by atoms with Crippen LogP contribution in [0.4, 0.5) is 0 Å². The summed E-state index contributed by atoms with van der Waals surface area (Å²) in [4.78, 5) is 47.3. The molecule has 1 fully saturated rings. The van der Waals surface area contributed by atoms with E-state index in [1.165, 1.54) is 16.7 Å². The minimum atomic E-state index is -0.401. The second-order valence-corrected chi connectivity index (χ2v) is 5.96. The Kier molecular flexibility index (Phi) is 7.21. The van der Waals surface area contributed by atoms with Gasteiger partial charge in [0.05, 0.1) is 5.25 Å². The van der Waals surface area contributed by atoms with E-state index in [4.69, 9.17) is 0 Å². The van der Waals surface area contributed by atoms with Crippen molar-refractivity contribution in [1.82, 2.24) is 15.5 Å². The smallest absolute Gasteiger partial charge is 0.242 e. The summed E-state index contributed by atoms with van der Waals surface area (Å²) >= 11 is 1.34. The van der Waals surface area contributed by atoms with Gasteiger partial charge in [-0.15, -0.1) is 11.8 Å². The molecule has 0 aromatic carbocycles. The molecule has 0 aromatic heterocycles. The van der Waals surface area contributed by atoms with Crippen molar-refractivity contribution in [2.45, 2.75) is 30.9 Å². The molecule has 1 heterocycles. The summed E-state index contributed by atoms with van der Waals surface area (Å²) in [5.41, 5.74) is 0. The molecule has 0 bridgehead atoms. The number of nitrogens with one attached hydrogen (secondary N) is 2. The van der Waals surface area contributed by atoms with E-state index in [1.54, 1.807) is 14.1 Å². The monoisotopic (exact) mass is 315 g/mol. The number of likely N-dealkylation sites (tertiary alicyclic amines) is 1. The SMILES string of the molecule is CNC(=O)CCCN1C(=O)CC(SCCC(=O)NC)C1=O. The summed E-state index contributed by atoms with van der Waals surface area (Å²) in [7, 11) is 3.11. The number of hydrogen-bond donors (Lipinski definition) is 2. The first-order valence-electron chi connectivity index (χ1n) is 6.86. The van der Waals surface area contributed by atoms with Crippen LogP contribution in [0.15, 0.2) is 0 Å². The van der Waals surface area contributed by atoms with Crippen LogP contribution < -0.4 is 10.6 Å². The Morgan fingerprint density at radius 3 is 2.43 bits per heavy atom. The van der Waals surface area contributed by atoms with Crippen LogP contribution in [0, 0.1) is 0 Å². The maximum atomic E-state index is 12.1. The number of thioether (sulfide) groups is 1. The third-order valence-corrected chi connectivity index (χ3v) is 4.40. The molecule has 1 saturated heterocycles. The standard InChI is InChI=1S/C13H21N3O4S/c1-14-10(17)4-3-6-16-12(19)8-9(13(16)20)21-7-5-11(18)15-2/h9H,3-8H2,1-2H3,(H,14,17)(H,15,18). The summed E-state index contributed by atoms with van der Waals surface area (Å²) in [6.45, 7) is 0.275. The molecule has 1 rings (SSSR count). The maximum Gasteiger partial charge on any atom is 0.242 e. The van der Waals surface area contributed by atoms with Crippen LogP contribution in [0.3, 0.4) is 0 Å². The first kappa shape index (κ1) is 17.5. The van der Waals surface area contributed by atoms with Gasteiger partial charge >= 0.3 is 0 Å². The molecular formula is C13H21N3O4S. The van der Waals surface area contributed by atoms with Gasteiger partial charge in [0.1, 0.15) is 0 Å². The predicted molar refractivity (Wildman–Crippen MR) is 79.6 cm³/mol. The van der Waals surface area contributed by atoms with Gasteiger partial charge in [-0.1, -0.05) is 0 Å². The van der Waals surface area contributed by atoms with E-state index in [2.05, 4.69) is 10.6 Å². The van der Waals surface area contributed by atoms with Gasteiger partial charge in [-0.05, 0) is 6.42 Å². The van der Waals surface area contributed by atoms with Gasteiger partial charge in [0.25, 0.3) is 0 Å². The topological polar surface area (TPSA) is 95.6 Å². The number of amides is 4. The van der Waals surface area contributed by atoms with Crippen molar-refractivity contribution in [3.63, 3.8) is 0 Å². The predicted octanol–water partition coefficient (Wildman–Crippen LogP) is -0.491.